The van der Waals surface area contributed by atoms with E-state index >= 15 is 0 Å². The number of fused-ring (bicyclic) bond motifs is 3. The smallest absolute Gasteiger partial charge is 0.321 e. The monoisotopic (exact) mass is 499 g/mol. The number of aromatic nitrogens is 2. The van der Waals surface area contributed by atoms with Crippen molar-refractivity contribution in [3.63, 3.8) is 0 Å². The van der Waals surface area contributed by atoms with Gasteiger partial charge in [0, 0.05) is 6.54 Å². The zero-order chi connectivity index (χ0) is 25.9. The first-order valence-electron chi connectivity index (χ1n) is 12.3. The maximum Gasteiger partial charge on any atom is 0.321 e. The van der Waals surface area contributed by atoms with Gasteiger partial charge in [-0.3, -0.25) is 14.5 Å². The van der Waals surface area contributed by atoms with Gasteiger partial charge in [-0.2, -0.15) is 0 Å². The maximum absolute atomic E-state index is 14.1. The molecule has 3 aromatic carbocycles. The minimum Gasteiger partial charge on any atom is -0.493 e. The summed E-state index contributed by atoms with van der Waals surface area (Å²) in [6.07, 6.45) is 0.617. The lowest BCUT2D eigenvalue weighted by Crippen LogP contribution is -2.50. The first kappa shape index (κ1) is 24.4. The Bertz CT molecular complexity index is 1430. The lowest BCUT2D eigenvalue weighted by molar-refractivity contribution is -0.153. The third kappa shape index (κ3) is 4.39. The van der Waals surface area contributed by atoms with Crippen molar-refractivity contribution in [3.05, 3.63) is 83.9 Å². The van der Waals surface area contributed by atoms with E-state index in [0.29, 0.717) is 30.4 Å². The van der Waals surface area contributed by atoms with Crippen molar-refractivity contribution in [1.29, 1.82) is 0 Å². The van der Waals surface area contributed by atoms with Crippen LogP contribution in [0.25, 0.3) is 11.0 Å². The van der Waals surface area contributed by atoms with Crippen LogP contribution < -0.4 is 14.4 Å². The van der Waals surface area contributed by atoms with Crippen LogP contribution in [0.4, 0.5) is 5.95 Å². The van der Waals surface area contributed by atoms with Crippen molar-refractivity contribution in [3.8, 4) is 11.5 Å². The van der Waals surface area contributed by atoms with E-state index in [-0.39, 0.29) is 12.5 Å². The van der Waals surface area contributed by atoms with Crippen LogP contribution >= 0.6 is 0 Å². The number of ether oxygens (including phenoxy) is 3. The van der Waals surface area contributed by atoms with Gasteiger partial charge in [0.15, 0.2) is 17.4 Å². The van der Waals surface area contributed by atoms with Crippen molar-refractivity contribution in [2.75, 3.05) is 32.3 Å². The Kier molecular flexibility index (Phi) is 6.81. The number of para-hydroxylation sites is 2. The van der Waals surface area contributed by atoms with E-state index in [1.165, 1.54) is 0 Å². The summed E-state index contributed by atoms with van der Waals surface area (Å²) < 4.78 is 18.4. The van der Waals surface area contributed by atoms with Crippen molar-refractivity contribution in [2.24, 2.45) is 5.92 Å². The number of benzene rings is 3. The molecule has 0 fully saturated rings. The molecular weight excluding hydrogens is 470 g/mol. The van der Waals surface area contributed by atoms with Gasteiger partial charge in [-0.25, -0.2) is 4.98 Å². The lowest BCUT2D eigenvalue weighted by atomic mass is 9.89. The van der Waals surface area contributed by atoms with Gasteiger partial charge in [-0.1, -0.05) is 48.5 Å². The average Bonchev–Trinajstić information content (AvgIpc) is 3.31. The minimum absolute atomic E-state index is 0.169. The number of imidazole rings is 1. The number of carbonyl (C=O) groups is 2. The van der Waals surface area contributed by atoms with Crippen molar-refractivity contribution in [2.45, 2.75) is 19.4 Å². The van der Waals surface area contributed by atoms with Crippen molar-refractivity contribution in [1.82, 2.24) is 9.55 Å². The fourth-order valence-corrected chi connectivity index (χ4v) is 4.98. The Morgan fingerprint density at radius 3 is 2.41 bits per heavy atom. The Balaban J connectivity index is 1.69. The Hall–Kier alpha value is -4.33. The molecule has 190 valence electrons. The lowest BCUT2D eigenvalue weighted by Gasteiger charge is -2.38. The standard InChI is InChI=1S/C29H29N3O5/c1-4-37-28(34)25-26(20-14-15-23(35-2)24(18-20)36-3)32-22-13-9-8-12-21(22)30-29(32)31(27(25)33)17-16-19-10-6-5-7-11-19/h5-15,18,25-26H,4,16-17H2,1-3H3/t25-,26+/m1/s1. The molecule has 0 saturated carbocycles. The van der Waals surface area contributed by atoms with Gasteiger partial charge in [0.1, 0.15) is 0 Å². The normalized spacial score (nSPS) is 16.9. The molecule has 2 heterocycles. The molecule has 8 heteroatoms. The van der Waals surface area contributed by atoms with Crippen molar-refractivity contribution < 1.29 is 23.8 Å². The van der Waals surface area contributed by atoms with E-state index in [9.17, 15) is 9.59 Å². The molecule has 5 rings (SSSR count). The molecule has 4 aromatic rings. The SMILES string of the molecule is CCOC(=O)[C@H]1C(=O)N(CCc2ccccc2)c2nc3ccccc3n2[C@H]1c1ccc(OC)c(OC)c1. The van der Waals surface area contributed by atoms with E-state index in [2.05, 4.69) is 0 Å². The van der Waals surface area contributed by atoms with Crippen LogP contribution in [0.15, 0.2) is 72.8 Å². The highest BCUT2D eigenvalue weighted by Crippen LogP contribution is 2.43. The average molecular weight is 500 g/mol. The number of amides is 1. The van der Waals surface area contributed by atoms with E-state index in [1.807, 2.05) is 65.2 Å². The van der Waals surface area contributed by atoms with Gasteiger partial charge < -0.3 is 18.8 Å². The fourth-order valence-electron chi connectivity index (χ4n) is 4.98. The fraction of sp³-hybridized carbons (Fsp3) is 0.276. The second kappa shape index (κ2) is 10.3. The van der Waals surface area contributed by atoms with Crippen molar-refractivity contribution >= 4 is 28.9 Å². The molecule has 8 nitrogen and oxygen atoms in total. The molecule has 1 aliphatic heterocycles. The van der Waals surface area contributed by atoms with Crippen LogP contribution in [0.2, 0.25) is 0 Å². The van der Waals surface area contributed by atoms with Crippen LogP contribution in [0.5, 0.6) is 11.5 Å². The second-order valence-electron chi connectivity index (χ2n) is 8.78. The molecule has 0 spiro atoms. The number of hydrogen-bond donors (Lipinski definition) is 0. The van der Waals surface area contributed by atoms with Gasteiger partial charge in [0.25, 0.3) is 0 Å². The van der Waals surface area contributed by atoms with Gasteiger partial charge in [-0.05, 0) is 48.7 Å². The number of carbonyl (C=O) groups excluding carboxylic acids is 2. The first-order chi connectivity index (χ1) is 18.1. The highest BCUT2D eigenvalue weighted by Gasteiger charge is 2.48. The summed E-state index contributed by atoms with van der Waals surface area (Å²) in [5, 5.41) is 0. The van der Waals surface area contributed by atoms with Gasteiger partial charge in [0.05, 0.1) is 37.9 Å². The summed E-state index contributed by atoms with van der Waals surface area (Å²) in [7, 11) is 3.12. The van der Waals surface area contributed by atoms with Gasteiger partial charge >= 0.3 is 5.97 Å². The summed E-state index contributed by atoms with van der Waals surface area (Å²) in [6, 6.07) is 22.4. The van der Waals surface area contributed by atoms with E-state index in [0.717, 1.165) is 22.2 Å². The molecule has 0 saturated heterocycles. The molecule has 37 heavy (non-hydrogen) atoms. The Labute approximate surface area is 215 Å². The quantitative estimate of drug-likeness (QED) is 0.264. The molecule has 0 N–H and O–H groups in total. The number of nitrogens with zero attached hydrogens (tertiary/aromatic N) is 3. The minimum atomic E-state index is -1.10. The number of anilines is 1. The third-order valence-electron chi connectivity index (χ3n) is 6.70. The molecule has 1 aromatic heterocycles. The molecule has 1 amide bonds. The van der Waals surface area contributed by atoms with Gasteiger partial charge in [0.2, 0.25) is 11.9 Å². The Morgan fingerprint density at radius 2 is 1.68 bits per heavy atom. The highest BCUT2D eigenvalue weighted by molar-refractivity contribution is 6.08. The number of esters is 1. The van der Waals surface area contributed by atoms with Gasteiger partial charge in [-0.15, -0.1) is 0 Å². The predicted octanol–water partition coefficient (Wildman–Crippen LogP) is 4.41. The maximum atomic E-state index is 14.1. The van der Waals surface area contributed by atoms with E-state index in [1.54, 1.807) is 38.2 Å². The number of hydrogen-bond acceptors (Lipinski definition) is 6. The number of methoxy groups -OCH3 is 2. The third-order valence-corrected chi connectivity index (χ3v) is 6.70. The van der Waals surface area contributed by atoms with Crippen LogP contribution in [-0.4, -0.2) is 48.8 Å². The molecule has 0 unspecified atom stereocenters. The predicted molar refractivity (Wildman–Crippen MR) is 140 cm³/mol. The second-order valence-corrected chi connectivity index (χ2v) is 8.78. The molecule has 1 aliphatic rings. The summed E-state index contributed by atoms with van der Waals surface area (Å²) >= 11 is 0. The molecule has 0 bridgehead atoms. The summed E-state index contributed by atoms with van der Waals surface area (Å²) in [6.45, 7) is 2.28. The first-order valence-corrected chi connectivity index (χ1v) is 12.3. The summed E-state index contributed by atoms with van der Waals surface area (Å²) in [5.41, 5.74) is 3.37. The Morgan fingerprint density at radius 1 is 0.946 bits per heavy atom. The zero-order valence-corrected chi connectivity index (χ0v) is 21.1. The van der Waals surface area contributed by atoms with Crippen LogP contribution in [0, 0.1) is 5.92 Å². The van der Waals surface area contributed by atoms with Crippen LogP contribution in [-0.2, 0) is 20.7 Å². The highest BCUT2D eigenvalue weighted by atomic mass is 16.5. The van der Waals surface area contributed by atoms with Crippen LogP contribution in [0.3, 0.4) is 0 Å². The summed E-state index contributed by atoms with van der Waals surface area (Å²) in [5.74, 6) is -0.437. The molecule has 2 atom stereocenters. The summed E-state index contributed by atoms with van der Waals surface area (Å²) in [4.78, 5) is 33.9. The topological polar surface area (TPSA) is 82.9 Å². The zero-order valence-electron chi connectivity index (χ0n) is 21.1. The largest absolute Gasteiger partial charge is 0.493 e. The van der Waals surface area contributed by atoms with Crippen LogP contribution in [0.1, 0.15) is 24.1 Å². The molecular formula is C29H29N3O5. The van der Waals surface area contributed by atoms with E-state index < -0.39 is 17.9 Å². The van der Waals surface area contributed by atoms with E-state index in [4.69, 9.17) is 19.2 Å². The number of rotatable bonds is 8. The molecule has 0 aliphatic carbocycles. The molecule has 0 radical (unpaired) electrons.